The Bertz CT molecular complexity index is 2710. The maximum Gasteiger partial charge on any atom is 1.00 e. The van der Waals surface area contributed by atoms with Gasteiger partial charge in [-0.2, -0.15) is 0 Å². The van der Waals surface area contributed by atoms with E-state index in [1.54, 1.807) is 0 Å². The van der Waals surface area contributed by atoms with Gasteiger partial charge in [-0.05, 0) is 94.8 Å². The van der Waals surface area contributed by atoms with Crippen LogP contribution >= 0.6 is 0 Å². The van der Waals surface area contributed by atoms with Crippen LogP contribution in [-0.2, 0) is 81.0 Å². The van der Waals surface area contributed by atoms with Gasteiger partial charge in [0.15, 0.2) is 31.5 Å². The maximum absolute atomic E-state index is 14.5. The standard InChI is InChI=1S/C59H92O29S.Na/c1-24(2)11-10-16-58(8)48-28(62)19-57(7)27-12-13-33-55(4,5)34(15-17-56(33,6)26(27)14-18-59(48,57)54(72)87-58)82-52-46(38(67)32(23-78-52)88-89(73,74)75)86-53-47(85-49-39(68)35(64)29(63)22-77-49)40(69)43(25(3)79-53)83-51-42(71)45(37(66)31(21-61)81-51)84-50-41(70)44(76-9)36(65)30(20-60)80-50;/h12,25-26,29-53,60-61,63-71H,1,10-11,13-23H2,2-9H3,(H,73,74,75);/q;+1/p-1. The topological polar surface area (TPSA) is 434 Å². The van der Waals surface area contributed by atoms with Crippen molar-refractivity contribution < 1.29 is 169 Å². The number of carbonyl (C=O) groups is 2. The second-order valence-electron chi connectivity index (χ2n) is 27.6. The van der Waals surface area contributed by atoms with E-state index in [-0.39, 0.29) is 59.6 Å². The average Bonchev–Trinajstić information content (AvgIpc) is 1.46. The zero-order valence-corrected chi connectivity index (χ0v) is 55.1. The molecule has 31 heteroatoms. The molecule has 11 N–H and O–H groups in total. The quantitative estimate of drug-likeness (QED) is 0.0189. The van der Waals surface area contributed by atoms with Crippen LogP contribution in [0.2, 0.25) is 0 Å². The van der Waals surface area contributed by atoms with Crippen molar-refractivity contribution in [3.8, 4) is 0 Å². The Morgan fingerprint density at radius 2 is 1.29 bits per heavy atom. The SMILES string of the molecule is C=C(C)CCCC1(C)OC(=O)C23CCC4C(=CCC5C(C)(C)C(OC6OCC(OS(=O)(=O)[O-])C(O)C6OC6OC(C)C(OC7OC(CO)C(O)C(OC8OC(CO)C(O)C(OC)C8O)C7O)C(O)C6OC6OCC(O)C(O)C6O)CCC45C)C2(C)CC(=O)C13.[Na+]. The van der Waals surface area contributed by atoms with Crippen LogP contribution in [-0.4, -0.2) is 267 Å². The van der Waals surface area contributed by atoms with Crippen molar-refractivity contribution in [3.05, 3.63) is 23.8 Å². The van der Waals surface area contributed by atoms with E-state index in [0.29, 0.717) is 38.5 Å². The number of hydrogen-bond donors (Lipinski definition) is 11. The van der Waals surface area contributed by atoms with Gasteiger partial charge < -0.3 is 118 Å². The Kier molecular flexibility index (Phi) is 22.3. The third kappa shape index (κ3) is 12.8. The Morgan fingerprint density at radius 1 is 0.700 bits per heavy atom. The Balaban J connectivity index is 0.00000960. The molecule has 508 valence electrons. The number of methoxy groups -OCH3 is 1. The van der Waals surface area contributed by atoms with E-state index in [4.69, 9.17) is 61.0 Å². The summed E-state index contributed by atoms with van der Waals surface area (Å²) in [7, 11) is -4.36. The molecule has 9 fully saturated rings. The van der Waals surface area contributed by atoms with E-state index in [1.807, 2.05) is 27.7 Å². The molecule has 90 heavy (non-hydrogen) atoms. The van der Waals surface area contributed by atoms with E-state index in [9.17, 15) is 78.7 Å². The van der Waals surface area contributed by atoms with Crippen LogP contribution in [0.4, 0.5) is 0 Å². The molecular weight excluding hydrogens is 1230 g/mol. The van der Waals surface area contributed by atoms with Crippen molar-refractivity contribution in [3.63, 3.8) is 0 Å². The van der Waals surface area contributed by atoms with Gasteiger partial charge in [0.2, 0.25) is 10.4 Å². The summed E-state index contributed by atoms with van der Waals surface area (Å²) in [5.74, 6) is -1.01. The van der Waals surface area contributed by atoms with E-state index in [1.165, 1.54) is 6.92 Å². The van der Waals surface area contributed by atoms with Crippen LogP contribution in [0.3, 0.4) is 0 Å². The molecule has 6 aliphatic heterocycles. The van der Waals surface area contributed by atoms with Gasteiger partial charge >= 0.3 is 35.5 Å². The molecule has 0 aromatic rings. The van der Waals surface area contributed by atoms with Gasteiger partial charge in [-0.1, -0.05) is 44.9 Å². The van der Waals surface area contributed by atoms with Crippen LogP contribution < -0.4 is 29.6 Å². The molecule has 10 rings (SSSR count). The Morgan fingerprint density at radius 3 is 1.91 bits per heavy atom. The summed E-state index contributed by atoms with van der Waals surface area (Å²) in [5.41, 5.74) is -1.77. The maximum atomic E-state index is 14.5. The molecule has 31 atom stereocenters. The Labute approximate surface area is 544 Å². The number of Topliss-reactive ketones (excluding diaryl/α,β-unsaturated/α-hetero) is 1. The number of rotatable bonds is 19. The molecule has 0 amide bonds. The molecule has 0 aromatic carbocycles. The van der Waals surface area contributed by atoms with Crippen LogP contribution in [0.15, 0.2) is 23.8 Å². The minimum absolute atomic E-state index is 0. The summed E-state index contributed by atoms with van der Waals surface area (Å²) in [6.45, 7) is 14.6. The fourth-order valence-corrected chi connectivity index (χ4v) is 17.7. The summed E-state index contributed by atoms with van der Waals surface area (Å²) in [6.07, 6.45) is -34.8. The van der Waals surface area contributed by atoms with Crippen molar-refractivity contribution in [1.82, 2.24) is 0 Å². The molecule has 31 unspecified atom stereocenters. The predicted octanol–water partition coefficient (Wildman–Crippen LogP) is -5.26. The monoisotopic (exact) mass is 1320 g/mol. The van der Waals surface area contributed by atoms with Crippen molar-refractivity contribution >= 4 is 22.2 Å². The number of aliphatic hydroxyl groups is 11. The predicted molar refractivity (Wildman–Crippen MR) is 296 cm³/mol. The molecule has 6 saturated heterocycles. The first-order valence-corrected chi connectivity index (χ1v) is 32.1. The van der Waals surface area contributed by atoms with Crippen LogP contribution in [0.25, 0.3) is 0 Å². The van der Waals surface area contributed by atoms with E-state index < -0.39 is 217 Å². The van der Waals surface area contributed by atoms with E-state index >= 15 is 0 Å². The third-order valence-corrected chi connectivity index (χ3v) is 22.3. The largest absolute Gasteiger partial charge is 1.00 e. The summed E-state index contributed by atoms with van der Waals surface area (Å²) in [4.78, 5) is 28.9. The average molecular weight is 1320 g/mol. The fourth-order valence-electron chi connectivity index (χ4n) is 17.2. The van der Waals surface area contributed by atoms with Crippen molar-refractivity contribution in [2.24, 2.45) is 39.4 Å². The van der Waals surface area contributed by atoms with Gasteiger partial charge in [-0.15, -0.1) is 6.58 Å². The number of aliphatic hydroxyl groups excluding tert-OH is 11. The molecule has 4 aliphatic carbocycles. The van der Waals surface area contributed by atoms with Gasteiger partial charge in [0.05, 0.1) is 50.0 Å². The number of cyclic esters (lactones) is 1. The van der Waals surface area contributed by atoms with Gasteiger partial charge in [-0.3, -0.25) is 13.8 Å². The summed E-state index contributed by atoms with van der Waals surface area (Å²) in [6, 6.07) is 0. The number of ether oxygens (including phenoxy) is 12. The van der Waals surface area contributed by atoms with E-state index in [2.05, 4.69) is 26.5 Å². The minimum atomic E-state index is -5.52. The normalized spacial score (nSPS) is 50.1. The Hall–Kier alpha value is -1.39. The molecule has 0 aromatic heterocycles. The van der Waals surface area contributed by atoms with Crippen molar-refractivity contribution in [2.45, 2.75) is 259 Å². The van der Waals surface area contributed by atoms with Crippen LogP contribution in [0.1, 0.15) is 106 Å². The molecule has 0 radical (unpaired) electrons. The first-order valence-electron chi connectivity index (χ1n) is 30.8. The smallest absolute Gasteiger partial charge is 0.726 e. The number of ketones is 1. The second kappa shape index (κ2) is 27.5. The van der Waals surface area contributed by atoms with Gasteiger partial charge in [0, 0.05) is 18.9 Å². The van der Waals surface area contributed by atoms with Crippen molar-refractivity contribution in [1.29, 1.82) is 0 Å². The van der Waals surface area contributed by atoms with E-state index in [0.717, 1.165) is 31.1 Å². The minimum Gasteiger partial charge on any atom is -0.726 e. The number of esters is 1. The number of allylic oxidation sites excluding steroid dienone is 3. The third-order valence-electron chi connectivity index (χ3n) is 21.8. The van der Waals surface area contributed by atoms with Gasteiger partial charge in [0.1, 0.15) is 115 Å². The molecule has 1 spiro atoms. The molecular formula is C59H91NaO29S. The van der Waals surface area contributed by atoms with Gasteiger partial charge in [0.25, 0.3) is 0 Å². The van der Waals surface area contributed by atoms with Crippen LogP contribution in [0.5, 0.6) is 0 Å². The molecule has 3 saturated carbocycles. The number of hydrogen-bond acceptors (Lipinski definition) is 29. The summed E-state index contributed by atoms with van der Waals surface area (Å²) < 4.78 is 114. The molecule has 0 bridgehead atoms. The summed E-state index contributed by atoms with van der Waals surface area (Å²) >= 11 is 0. The fraction of sp³-hybridized carbons (Fsp3) is 0.898. The van der Waals surface area contributed by atoms with Crippen LogP contribution in [0, 0.1) is 39.4 Å². The molecule has 10 aliphatic rings. The molecule has 6 heterocycles. The first kappa shape index (κ1) is 72.9. The van der Waals surface area contributed by atoms with Gasteiger partial charge in [-0.25, -0.2) is 8.42 Å². The molecule has 29 nitrogen and oxygen atoms in total. The summed E-state index contributed by atoms with van der Waals surface area (Å²) in [5, 5.41) is 122. The zero-order valence-electron chi connectivity index (χ0n) is 52.2. The van der Waals surface area contributed by atoms with Crippen molar-refractivity contribution in [2.75, 3.05) is 33.5 Å². The first-order chi connectivity index (χ1) is 41.7. The number of fused-ring (bicyclic) bond motifs is 4. The zero-order chi connectivity index (χ0) is 65.0. The second-order valence-corrected chi connectivity index (χ2v) is 28.6. The number of carbonyl (C=O) groups excluding carboxylic acids is 2.